The lowest BCUT2D eigenvalue weighted by molar-refractivity contribution is -0.167. The molecule has 6 heteroatoms. The minimum atomic E-state index is -0.788. The van der Waals surface area contributed by atoms with Gasteiger partial charge in [0.2, 0.25) is 0 Å². The summed E-state index contributed by atoms with van der Waals surface area (Å²) < 4.78 is 17.0. The molecule has 0 N–H and O–H groups in total. The van der Waals surface area contributed by atoms with Crippen LogP contribution >= 0.6 is 0 Å². The van der Waals surface area contributed by atoms with Crippen molar-refractivity contribution in [1.82, 2.24) is 0 Å². The average molecular weight is 1120 g/mol. The van der Waals surface area contributed by atoms with Gasteiger partial charge in [0.05, 0.1) is 0 Å². The van der Waals surface area contributed by atoms with Crippen LogP contribution in [0.25, 0.3) is 0 Å². The summed E-state index contributed by atoms with van der Waals surface area (Å²) in [4.78, 5) is 38.4. The highest BCUT2D eigenvalue weighted by Gasteiger charge is 2.19. The third-order valence-corrected chi connectivity index (χ3v) is 16.1. The van der Waals surface area contributed by atoms with Crippen molar-refractivity contribution in [3.63, 3.8) is 0 Å². The van der Waals surface area contributed by atoms with Crippen LogP contribution in [0.1, 0.15) is 387 Å². The van der Waals surface area contributed by atoms with E-state index in [0.29, 0.717) is 19.3 Å². The third kappa shape index (κ3) is 66.2. The molecule has 1 atom stereocenters. The first-order chi connectivity index (χ1) is 39.5. The van der Waals surface area contributed by atoms with Crippen LogP contribution in [0, 0.1) is 0 Å². The van der Waals surface area contributed by atoms with Gasteiger partial charge in [-0.25, -0.2) is 0 Å². The number of carbonyl (C=O) groups excluding carboxylic acids is 3. The molecule has 6 nitrogen and oxygen atoms in total. The van der Waals surface area contributed by atoms with Gasteiger partial charge >= 0.3 is 17.9 Å². The second kappa shape index (κ2) is 68.9. The van der Waals surface area contributed by atoms with Gasteiger partial charge in [-0.05, 0) is 57.8 Å². The van der Waals surface area contributed by atoms with Crippen molar-refractivity contribution in [2.45, 2.75) is 393 Å². The lowest BCUT2D eigenvalue weighted by atomic mass is 10.0. The fourth-order valence-electron chi connectivity index (χ4n) is 10.8. The fourth-order valence-corrected chi connectivity index (χ4v) is 10.8. The van der Waals surface area contributed by atoms with Crippen molar-refractivity contribution in [2.75, 3.05) is 13.2 Å². The van der Waals surface area contributed by atoms with E-state index in [4.69, 9.17) is 14.2 Å². The Morgan fingerprint density at radius 3 is 0.762 bits per heavy atom. The monoisotopic (exact) mass is 1120 g/mol. The zero-order chi connectivity index (χ0) is 57.8. The minimum absolute atomic E-state index is 0.0810. The maximum Gasteiger partial charge on any atom is 0.306 e. The Labute approximate surface area is 498 Å². The molecule has 80 heavy (non-hydrogen) atoms. The van der Waals surface area contributed by atoms with Crippen LogP contribution in [0.15, 0.2) is 48.6 Å². The molecule has 0 aliphatic carbocycles. The molecule has 0 aromatic rings. The van der Waals surface area contributed by atoms with E-state index in [1.165, 1.54) is 263 Å². The lowest BCUT2D eigenvalue weighted by Crippen LogP contribution is -2.30. The molecule has 0 saturated heterocycles. The Morgan fingerprint density at radius 2 is 0.487 bits per heavy atom. The van der Waals surface area contributed by atoms with E-state index in [0.717, 1.165) is 83.5 Å². The number of ether oxygens (including phenoxy) is 3. The molecule has 0 aromatic heterocycles. The molecule has 0 heterocycles. The van der Waals surface area contributed by atoms with Crippen LogP contribution in [-0.4, -0.2) is 37.2 Å². The van der Waals surface area contributed by atoms with Crippen LogP contribution in [0.4, 0.5) is 0 Å². The fraction of sp³-hybridized carbons (Fsp3) is 0.851. The van der Waals surface area contributed by atoms with Crippen LogP contribution < -0.4 is 0 Å². The molecule has 0 spiro atoms. The van der Waals surface area contributed by atoms with E-state index in [-0.39, 0.29) is 31.1 Å². The Bertz CT molecular complexity index is 1380. The Kier molecular flexibility index (Phi) is 66.6. The van der Waals surface area contributed by atoms with Gasteiger partial charge in [-0.1, -0.05) is 358 Å². The average Bonchev–Trinajstić information content (AvgIpc) is 3.46. The predicted molar refractivity (Wildman–Crippen MR) is 349 cm³/mol. The molecule has 0 radical (unpaired) electrons. The van der Waals surface area contributed by atoms with Crippen LogP contribution in [0.3, 0.4) is 0 Å². The van der Waals surface area contributed by atoms with Gasteiger partial charge in [0.15, 0.2) is 6.10 Å². The number of allylic oxidation sites excluding steroid dienone is 8. The molecule has 1 unspecified atom stereocenters. The number of esters is 3. The summed E-state index contributed by atoms with van der Waals surface area (Å²) in [5.41, 5.74) is 0. The number of carbonyl (C=O) groups is 3. The van der Waals surface area contributed by atoms with Gasteiger partial charge in [-0.2, -0.15) is 0 Å². The van der Waals surface area contributed by atoms with Gasteiger partial charge in [-0.3, -0.25) is 14.4 Å². The van der Waals surface area contributed by atoms with E-state index in [1.54, 1.807) is 0 Å². The van der Waals surface area contributed by atoms with Gasteiger partial charge in [-0.15, -0.1) is 0 Å². The Balaban J connectivity index is 4.22. The summed E-state index contributed by atoms with van der Waals surface area (Å²) >= 11 is 0. The first kappa shape index (κ1) is 77.4. The SMILES string of the molecule is CC/C=C\C/C=C\C/C=C\C/C=C\CCCCC(=O)OCC(COC(=O)CCCCCCCCCCCCCCCCCCCCCCCCCCCCCCC)OC(=O)CCCCCCCCCCCCCCCCCCCC. The van der Waals surface area contributed by atoms with Crippen molar-refractivity contribution in [3.8, 4) is 0 Å². The molecular formula is C74H136O6. The first-order valence-corrected chi connectivity index (χ1v) is 35.6. The molecule has 0 aromatic carbocycles. The third-order valence-electron chi connectivity index (χ3n) is 16.1. The Hall–Kier alpha value is -2.63. The lowest BCUT2D eigenvalue weighted by Gasteiger charge is -2.18. The predicted octanol–water partition coefficient (Wildman–Crippen LogP) is 24.5. The second-order valence-electron chi connectivity index (χ2n) is 24.1. The molecule has 0 aliphatic rings. The maximum atomic E-state index is 12.9. The highest BCUT2D eigenvalue weighted by molar-refractivity contribution is 5.71. The standard InChI is InChI=1S/C74H136O6/c1-4-7-10-13-16-19-22-25-28-30-32-33-34-35-36-37-38-39-40-41-42-44-46-49-52-55-58-61-64-67-73(76)79-70-71(69-78-72(75)66-63-60-57-54-51-48-45-27-24-21-18-15-12-9-6-3)80-74(77)68-65-62-59-56-53-50-47-43-31-29-26-23-20-17-14-11-8-5-2/h9,12,18,21,27,45,51,54,71H,4-8,10-11,13-17,19-20,22-26,28-44,46-50,52-53,55-70H2,1-3H3/b12-9-,21-18-,45-27-,54-51-. The number of rotatable bonds is 66. The zero-order valence-corrected chi connectivity index (χ0v) is 53.9. The maximum absolute atomic E-state index is 12.9. The molecule has 0 rings (SSSR count). The largest absolute Gasteiger partial charge is 0.462 e. The summed E-state index contributed by atoms with van der Waals surface area (Å²) in [5, 5.41) is 0. The van der Waals surface area contributed by atoms with E-state index < -0.39 is 6.10 Å². The summed E-state index contributed by atoms with van der Waals surface area (Å²) in [5.74, 6) is -0.897. The van der Waals surface area contributed by atoms with Gasteiger partial charge in [0.25, 0.3) is 0 Å². The first-order valence-electron chi connectivity index (χ1n) is 35.6. The highest BCUT2D eigenvalue weighted by atomic mass is 16.6. The Morgan fingerprint density at radius 1 is 0.263 bits per heavy atom. The summed E-state index contributed by atoms with van der Waals surface area (Å²) in [6.07, 6.45) is 87.3. The van der Waals surface area contributed by atoms with E-state index in [2.05, 4.69) is 69.4 Å². The summed E-state index contributed by atoms with van der Waals surface area (Å²) in [7, 11) is 0. The van der Waals surface area contributed by atoms with E-state index >= 15 is 0 Å². The van der Waals surface area contributed by atoms with Gasteiger partial charge in [0.1, 0.15) is 13.2 Å². The molecule has 0 bridgehead atoms. The van der Waals surface area contributed by atoms with Crippen molar-refractivity contribution in [2.24, 2.45) is 0 Å². The molecule has 468 valence electrons. The quantitative estimate of drug-likeness (QED) is 0.0261. The van der Waals surface area contributed by atoms with Crippen LogP contribution in [-0.2, 0) is 28.6 Å². The minimum Gasteiger partial charge on any atom is -0.462 e. The molecule has 0 fully saturated rings. The van der Waals surface area contributed by atoms with Crippen molar-refractivity contribution < 1.29 is 28.6 Å². The van der Waals surface area contributed by atoms with Crippen LogP contribution in [0.2, 0.25) is 0 Å². The highest BCUT2D eigenvalue weighted by Crippen LogP contribution is 2.19. The van der Waals surface area contributed by atoms with Crippen LogP contribution in [0.5, 0.6) is 0 Å². The smallest absolute Gasteiger partial charge is 0.306 e. The molecule has 0 aliphatic heterocycles. The summed E-state index contributed by atoms with van der Waals surface area (Å²) in [6, 6.07) is 0. The normalized spacial score (nSPS) is 12.3. The topological polar surface area (TPSA) is 78.9 Å². The molecule has 0 saturated carbocycles. The van der Waals surface area contributed by atoms with Crippen molar-refractivity contribution >= 4 is 17.9 Å². The van der Waals surface area contributed by atoms with E-state index in [9.17, 15) is 14.4 Å². The number of hydrogen-bond donors (Lipinski definition) is 0. The second-order valence-corrected chi connectivity index (χ2v) is 24.1. The van der Waals surface area contributed by atoms with Gasteiger partial charge < -0.3 is 14.2 Å². The molecular weight excluding hydrogens is 985 g/mol. The van der Waals surface area contributed by atoms with Crippen molar-refractivity contribution in [3.05, 3.63) is 48.6 Å². The van der Waals surface area contributed by atoms with Crippen molar-refractivity contribution in [1.29, 1.82) is 0 Å². The molecule has 0 amide bonds. The number of unbranched alkanes of at least 4 members (excludes halogenated alkanes) is 47. The van der Waals surface area contributed by atoms with Gasteiger partial charge in [0, 0.05) is 19.3 Å². The number of hydrogen-bond acceptors (Lipinski definition) is 6. The van der Waals surface area contributed by atoms with E-state index in [1.807, 2.05) is 0 Å². The summed E-state index contributed by atoms with van der Waals surface area (Å²) in [6.45, 7) is 6.57. The zero-order valence-electron chi connectivity index (χ0n) is 53.9.